The average Bonchev–Trinajstić information content (AvgIpc) is 2.40. The summed E-state index contributed by atoms with van der Waals surface area (Å²) in [6, 6.07) is 5.90. The molecule has 1 atom stereocenters. The van der Waals surface area contributed by atoms with E-state index in [0.717, 1.165) is 24.2 Å². The van der Waals surface area contributed by atoms with Crippen LogP contribution in [0.15, 0.2) is 18.2 Å². The van der Waals surface area contributed by atoms with Crippen LogP contribution >= 0.6 is 0 Å². The fourth-order valence-corrected chi connectivity index (χ4v) is 2.22. The second kappa shape index (κ2) is 4.69. The minimum Gasteiger partial charge on any atom is -0.494 e. The van der Waals surface area contributed by atoms with Crippen molar-refractivity contribution in [1.82, 2.24) is 0 Å². The van der Waals surface area contributed by atoms with Crippen LogP contribution in [0.4, 0.5) is 0 Å². The summed E-state index contributed by atoms with van der Waals surface area (Å²) in [5.41, 5.74) is 2.05. The second-order valence-electron chi connectivity index (χ2n) is 4.52. The van der Waals surface area contributed by atoms with Gasteiger partial charge in [-0.2, -0.15) is 0 Å². The van der Waals surface area contributed by atoms with Crippen LogP contribution in [0.5, 0.6) is 5.75 Å². The molecule has 1 aromatic rings. The Morgan fingerprint density at radius 2 is 2.25 bits per heavy atom. The van der Waals surface area contributed by atoms with Gasteiger partial charge < -0.3 is 4.74 Å². The number of hydrogen-bond donors (Lipinski definition) is 0. The van der Waals surface area contributed by atoms with Crippen LogP contribution in [0.3, 0.4) is 0 Å². The molecule has 0 spiro atoms. The summed E-state index contributed by atoms with van der Waals surface area (Å²) in [6.07, 6.45) is 2.78. The highest BCUT2D eigenvalue weighted by molar-refractivity contribution is 5.98. The molecule has 0 radical (unpaired) electrons. The third-order valence-corrected chi connectivity index (χ3v) is 3.13. The maximum atomic E-state index is 12.0. The summed E-state index contributed by atoms with van der Waals surface area (Å²) in [5, 5.41) is 0. The zero-order chi connectivity index (χ0) is 11.5. The molecule has 1 aliphatic carbocycles. The summed E-state index contributed by atoms with van der Waals surface area (Å²) in [5.74, 6) is 1.57. The monoisotopic (exact) mass is 218 g/mol. The van der Waals surface area contributed by atoms with Crippen molar-refractivity contribution in [2.24, 2.45) is 5.92 Å². The van der Waals surface area contributed by atoms with Gasteiger partial charge in [-0.15, -0.1) is 0 Å². The Labute approximate surface area is 96.6 Å². The molecule has 2 heteroatoms. The first-order valence-corrected chi connectivity index (χ1v) is 5.99. The van der Waals surface area contributed by atoms with E-state index in [9.17, 15) is 4.79 Å². The quantitative estimate of drug-likeness (QED) is 0.712. The minimum absolute atomic E-state index is 0.265. The van der Waals surface area contributed by atoms with E-state index < -0.39 is 0 Å². The summed E-state index contributed by atoms with van der Waals surface area (Å²) < 4.78 is 5.44. The molecule has 0 aromatic heterocycles. The summed E-state index contributed by atoms with van der Waals surface area (Å²) in [4.78, 5) is 12.0. The van der Waals surface area contributed by atoms with Gasteiger partial charge >= 0.3 is 0 Å². The average molecular weight is 218 g/mol. The van der Waals surface area contributed by atoms with Crippen LogP contribution < -0.4 is 4.74 Å². The van der Waals surface area contributed by atoms with Crippen molar-refractivity contribution in [3.8, 4) is 5.75 Å². The number of ether oxygens (including phenoxy) is 1. The Balaban J connectivity index is 2.33. The third kappa shape index (κ3) is 2.26. The molecule has 2 nitrogen and oxygen atoms in total. The third-order valence-electron chi connectivity index (χ3n) is 3.13. The molecular weight excluding hydrogens is 200 g/mol. The van der Waals surface area contributed by atoms with Gasteiger partial charge in [-0.3, -0.25) is 4.79 Å². The topological polar surface area (TPSA) is 26.3 Å². The number of carbonyl (C=O) groups is 1. The normalized spacial score (nSPS) is 20.1. The molecule has 0 aliphatic heterocycles. The largest absolute Gasteiger partial charge is 0.494 e. The molecule has 0 fully saturated rings. The van der Waals surface area contributed by atoms with Crippen LogP contribution in [-0.4, -0.2) is 12.4 Å². The van der Waals surface area contributed by atoms with E-state index >= 15 is 0 Å². The van der Waals surface area contributed by atoms with Crippen molar-refractivity contribution in [1.29, 1.82) is 0 Å². The van der Waals surface area contributed by atoms with Crippen molar-refractivity contribution in [2.45, 2.75) is 33.1 Å². The maximum absolute atomic E-state index is 12.0. The molecule has 0 saturated carbocycles. The van der Waals surface area contributed by atoms with Crippen LogP contribution in [0.25, 0.3) is 0 Å². The van der Waals surface area contributed by atoms with Crippen molar-refractivity contribution in [2.75, 3.05) is 6.61 Å². The van der Waals surface area contributed by atoms with Crippen molar-refractivity contribution < 1.29 is 9.53 Å². The Bertz CT molecular complexity index is 396. The van der Waals surface area contributed by atoms with Crippen LogP contribution in [0.1, 0.15) is 42.6 Å². The SMILES string of the molecule is CCOc1ccc2c(c1)C(=O)CC(C)CC2. The predicted molar refractivity (Wildman–Crippen MR) is 64.0 cm³/mol. The van der Waals surface area contributed by atoms with Gasteiger partial charge in [-0.25, -0.2) is 0 Å². The van der Waals surface area contributed by atoms with E-state index in [1.807, 2.05) is 25.1 Å². The van der Waals surface area contributed by atoms with Crippen molar-refractivity contribution in [3.63, 3.8) is 0 Å². The summed E-state index contributed by atoms with van der Waals surface area (Å²) in [7, 11) is 0. The minimum atomic E-state index is 0.265. The van der Waals surface area contributed by atoms with Gasteiger partial charge in [0.25, 0.3) is 0 Å². The molecule has 2 rings (SSSR count). The Kier molecular flexibility index (Phi) is 3.28. The Morgan fingerprint density at radius 3 is 3.00 bits per heavy atom. The Morgan fingerprint density at radius 1 is 1.44 bits per heavy atom. The molecule has 0 saturated heterocycles. The van der Waals surface area contributed by atoms with E-state index in [1.54, 1.807) is 0 Å². The van der Waals surface area contributed by atoms with Gasteiger partial charge in [-0.1, -0.05) is 13.0 Å². The lowest BCUT2D eigenvalue weighted by atomic mass is 10.0. The first-order valence-electron chi connectivity index (χ1n) is 5.99. The number of Topliss-reactive ketones (excluding diaryl/α,β-unsaturated/α-hetero) is 1. The first-order chi connectivity index (χ1) is 7.70. The molecule has 1 aromatic carbocycles. The van der Waals surface area contributed by atoms with Gasteiger partial charge in [0.2, 0.25) is 0 Å². The number of carbonyl (C=O) groups excluding carboxylic acids is 1. The van der Waals surface area contributed by atoms with E-state index in [2.05, 4.69) is 6.92 Å². The van der Waals surface area contributed by atoms with Crippen molar-refractivity contribution >= 4 is 5.78 Å². The van der Waals surface area contributed by atoms with E-state index in [0.29, 0.717) is 18.9 Å². The number of aryl methyl sites for hydroxylation is 1. The highest BCUT2D eigenvalue weighted by atomic mass is 16.5. The lowest BCUT2D eigenvalue weighted by molar-refractivity contribution is 0.0966. The first kappa shape index (κ1) is 11.2. The van der Waals surface area contributed by atoms with Gasteiger partial charge in [0.1, 0.15) is 5.75 Å². The number of rotatable bonds is 2. The molecule has 1 unspecified atom stereocenters. The molecule has 16 heavy (non-hydrogen) atoms. The summed E-state index contributed by atoms with van der Waals surface area (Å²) >= 11 is 0. The van der Waals surface area contributed by atoms with E-state index in [1.165, 1.54) is 5.56 Å². The predicted octanol–water partition coefficient (Wildman–Crippen LogP) is 3.24. The lowest BCUT2D eigenvalue weighted by Crippen LogP contribution is -2.04. The van der Waals surface area contributed by atoms with Gasteiger partial charge in [-0.05, 0) is 43.4 Å². The number of ketones is 1. The van der Waals surface area contributed by atoms with E-state index in [4.69, 9.17) is 4.74 Å². The molecule has 0 bridgehead atoms. The fraction of sp³-hybridized carbons (Fsp3) is 0.500. The molecular formula is C14H18O2. The van der Waals surface area contributed by atoms with Crippen LogP contribution in [0.2, 0.25) is 0 Å². The summed E-state index contributed by atoms with van der Waals surface area (Å²) in [6.45, 7) is 4.74. The smallest absolute Gasteiger partial charge is 0.163 e. The molecule has 86 valence electrons. The van der Waals surface area contributed by atoms with Crippen LogP contribution in [-0.2, 0) is 6.42 Å². The highest BCUT2D eigenvalue weighted by Gasteiger charge is 2.20. The fourth-order valence-electron chi connectivity index (χ4n) is 2.22. The van der Waals surface area contributed by atoms with Gasteiger partial charge in [0.15, 0.2) is 5.78 Å². The highest BCUT2D eigenvalue weighted by Crippen LogP contribution is 2.27. The maximum Gasteiger partial charge on any atom is 0.163 e. The molecule has 1 aliphatic rings. The number of hydrogen-bond acceptors (Lipinski definition) is 2. The zero-order valence-electron chi connectivity index (χ0n) is 9.95. The number of benzene rings is 1. The molecule has 0 N–H and O–H groups in total. The molecule has 0 heterocycles. The van der Waals surface area contributed by atoms with Crippen LogP contribution in [0, 0.1) is 5.92 Å². The lowest BCUT2D eigenvalue weighted by Gasteiger charge is -2.08. The molecule has 0 amide bonds. The van der Waals surface area contributed by atoms with E-state index in [-0.39, 0.29) is 5.78 Å². The Hall–Kier alpha value is -1.31. The zero-order valence-corrected chi connectivity index (χ0v) is 9.95. The van der Waals surface area contributed by atoms with Gasteiger partial charge in [0.05, 0.1) is 6.61 Å². The number of fused-ring (bicyclic) bond motifs is 1. The second-order valence-corrected chi connectivity index (χ2v) is 4.52. The van der Waals surface area contributed by atoms with Gasteiger partial charge in [0, 0.05) is 12.0 Å². The van der Waals surface area contributed by atoms with Crippen molar-refractivity contribution in [3.05, 3.63) is 29.3 Å². The standard InChI is InChI=1S/C14H18O2/c1-3-16-12-7-6-11-5-4-10(2)8-14(15)13(11)9-12/h6-7,9-10H,3-5,8H2,1-2H3.